The number of hydrogen-bond donors (Lipinski definition) is 12. The molecule has 12 N–H and O–H groups in total. The molecular weight excluding hydrogens is 1830 g/mol. The maximum atomic E-state index is 14.5. The number of hydrogen-bond acceptors (Lipinski definition) is 21. The largest absolute Gasteiger partial charge is 0.461 e. The highest BCUT2D eigenvalue weighted by Crippen LogP contribution is 2.67. The van der Waals surface area contributed by atoms with E-state index < -0.39 is 195 Å². The Morgan fingerprint density at radius 3 is 1.11 bits per heavy atom. The van der Waals surface area contributed by atoms with Crippen molar-refractivity contribution in [2.45, 2.75) is 379 Å². The first-order valence-corrected chi connectivity index (χ1v) is 51.9. The van der Waals surface area contributed by atoms with Crippen molar-refractivity contribution in [2.24, 2.45) is 85.8 Å². The molecule has 5 aliphatic carbocycles. The predicted octanol–water partition coefficient (Wildman–Crippen LogP) is 10.2. The fourth-order valence-electron chi connectivity index (χ4n) is 21.2. The number of rotatable bonds is 43. The number of nitrogens with zero attached hydrogens (tertiary/aromatic N) is 3. The topological polar surface area (TPSA) is 489 Å². The number of esters is 3. The Bertz CT molecular complexity index is 4700. The first-order valence-electron chi connectivity index (χ1n) is 51.9. The number of ketones is 3. The lowest BCUT2D eigenvalue weighted by Gasteiger charge is -2.38. The van der Waals surface area contributed by atoms with E-state index >= 15 is 0 Å². The number of ether oxygens (including phenoxy) is 3. The van der Waals surface area contributed by atoms with Crippen LogP contribution in [0.3, 0.4) is 0 Å². The van der Waals surface area contributed by atoms with Gasteiger partial charge in [-0.15, -0.1) is 13.2 Å². The molecule has 0 spiro atoms. The minimum absolute atomic E-state index is 0.0541. The van der Waals surface area contributed by atoms with Crippen LogP contribution in [0, 0.1) is 85.8 Å². The van der Waals surface area contributed by atoms with Crippen molar-refractivity contribution in [2.75, 3.05) is 39.8 Å². The van der Waals surface area contributed by atoms with E-state index in [2.05, 4.69) is 105 Å². The summed E-state index contributed by atoms with van der Waals surface area (Å²) in [5.74, 6) is -9.65. The van der Waals surface area contributed by atoms with Gasteiger partial charge in [-0.1, -0.05) is 252 Å². The molecule has 9 rings (SSSR count). The van der Waals surface area contributed by atoms with Crippen molar-refractivity contribution in [3.63, 3.8) is 0 Å². The number of carbonyl (C=O) groups is 18. The normalized spacial score (nSPS) is 22.9. The monoisotopic (exact) mass is 2000 g/mol. The molecule has 8 aliphatic rings. The molecule has 18 atom stereocenters. The number of amides is 15. The van der Waals surface area contributed by atoms with E-state index in [9.17, 15) is 86.3 Å². The molecule has 8 fully saturated rings. The van der Waals surface area contributed by atoms with Crippen LogP contribution in [0.25, 0.3) is 0 Å². The van der Waals surface area contributed by atoms with E-state index in [1.807, 2.05) is 106 Å². The third kappa shape index (κ3) is 31.4. The number of Topliss-reactive ketones (excluding diaryl/α,β-unsaturated/α-hetero) is 3. The summed E-state index contributed by atoms with van der Waals surface area (Å²) in [6, 6.07) is -4.17. The molecule has 0 bridgehead atoms. The lowest BCUT2D eigenvalue weighted by molar-refractivity contribution is -0.158. The summed E-state index contributed by atoms with van der Waals surface area (Å²) < 4.78 is 16.5. The van der Waals surface area contributed by atoms with Crippen molar-refractivity contribution in [3.8, 4) is 0 Å². The Morgan fingerprint density at radius 2 is 0.769 bits per heavy atom. The summed E-state index contributed by atoms with van der Waals surface area (Å²) in [7, 11) is 1.37. The van der Waals surface area contributed by atoms with Gasteiger partial charge >= 0.3 is 36.0 Å². The van der Waals surface area contributed by atoms with E-state index in [1.165, 1.54) is 29.0 Å². The molecule has 5 saturated carbocycles. The molecule has 36 nitrogen and oxygen atoms in total. The Morgan fingerprint density at radius 1 is 0.427 bits per heavy atom. The van der Waals surface area contributed by atoms with Crippen LogP contribution >= 0.6 is 0 Å². The van der Waals surface area contributed by atoms with Gasteiger partial charge in [0.25, 0.3) is 17.7 Å². The number of carbonyl (C=O) groups excluding carboxylic acids is 18. The SMILES string of the molecule is C=CCNC(=O)C(=O)C(CCCC)NC(=O)[C@@H]1[C@@H]2[C@H](CN1C(=O)[C@@H](NC(=O)N[C@H](C(=O)OC(C)(C)C)C(C)C)C(C)(C)C)C2(C)C.C=CCNC(=O)C(=O)C(CCCC)NC(=O)[C@@H]1[C@@H]2[C@H](CN1C(=O)[C@@H](NC(=O)N[C@H](C(=O)OCc1ccccc1)C1CCCC1)C(C)(C)C)C2(C)C.CCCCC(NC(=O)[C@@H]1[C@@H]2[C@H](CN1C(=O)[C@@H](NC(=O)N[C@H](C(=O)OC(C)C)C(C)(C)C)C1CCCCC1)C2(C)C)C(=O)C(=O)NC. The third-order valence-corrected chi connectivity index (χ3v) is 29.9. The fourth-order valence-corrected chi connectivity index (χ4v) is 21.2. The van der Waals surface area contributed by atoms with E-state index in [1.54, 1.807) is 74.1 Å². The van der Waals surface area contributed by atoms with Crippen LogP contribution in [0.1, 0.15) is 294 Å². The molecule has 15 amide bonds. The minimum atomic E-state index is -1.04. The van der Waals surface area contributed by atoms with Gasteiger partial charge in [0.05, 0.1) is 24.2 Å². The van der Waals surface area contributed by atoms with Crippen LogP contribution in [0.2, 0.25) is 0 Å². The zero-order valence-corrected chi connectivity index (χ0v) is 90.0. The van der Waals surface area contributed by atoms with Gasteiger partial charge in [-0.05, 0) is 171 Å². The number of unbranched alkanes of at least 4 members (excludes halogenated alkanes) is 3. The van der Waals surface area contributed by atoms with Crippen molar-refractivity contribution in [3.05, 3.63) is 61.2 Å². The zero-order chi connectivity index (χ0) is 107. The molecule has 800 valence electrons. The molecule has 0 aromatic heterocycles. The lowest BCUT2D eigenvalue weighted by atomic mass is 9.83. The van der Waals surface area contributed by atoms with Crippen LogP contribution in [0.4, 0.5) is 14.4 Å². The summed E-state index contributed by atoms with van der Waals surface area (Å²) in [6.45, 7) is 55.3. The van der Waals surface area contributed by atoms with Crippen LogP contribution in [-0.4, -0.2) is 245 Å². The van der Waals surface area contributed by atoms with Crippen molar-refractivity contribution in [1.82, 2.24) is 78.5 Å². The van der Waals surface area contributed by atoms with E-state index in [0.29, 0.717) is 45.3 Å². The Balaban J connectivity index is 0.000000292. The summed E-state index contributed by atoms with van der Waals surface area (Å²) >= 11 is 0. The first kappa shape index (κ1) is 119. The number of likely N-dealkylation sites (tertiary alicyclic amines) is 3. The molecule has 143 heavy (non-hydrogen) atoms. The van der Waals surface area contributed by atoms with Crippen LogP contribution < -0.4 is 63.8 Å². The number of urea groups is 3. The van der Waals surface area contributed by atoms with Crippen LogP contribution in [0.15, 0.2) is 55.6 Å². The lowest BCUT2D eigenvalue weighted by Crippen LogP contribution is -2.62. The second-order valence-corrected chi connectivity index (χ2v) is 46.9. The summed E-state index contributed by atoms with van der Waals surface area (Å²) in [5.41, 5.74) is -2.69. The molecule has 3 heterocycles. The number of benzene rings is 1. The summed E-state index contributed by atoms with van der Waals surface area (Å²) in [6.07, 6.45) is 15.4. The second-order valence-electron chi connectivity index (χ2n) is 46.9. The van der Waals surface area contributed by atoms with Gasteiger partial charge in [0, 0.05) is 39.8 Å². The quantitative estimate of drug-likeness (QED) is 0.0125. The molecule has 1 aromatic carbocycles. The average Bonchev–Trinajstić information content (AvgIpc) is 1.53. The van der Waals surface area contributed by atoms with Crippen molar-refractivity contribution in [1.29, 1.82) is 0 Å². The number of piperidine rings is 3. The first-order chi connectivity index (χ1) is 66.6. The van der Waals surface area contributed by atoms with E-state index in [0.717, 1.165) is 82.6 Å². The molecule has 0 radical (unpaired) electrons. The van der Waals surface area contributed by atoms with E-state index in [-0.39, 0.29) is 114 Å². The summed E-state index contributed by atoms with van der Waals surface area (Å²) in [4.78, 5) is 246. The number of fused-ring (bicyclic) bond motifs is 3. The molecule has 36 heteroatoms. The molecule has 3 unspecified atom stereocenters. The highest BCUT2D eigenvalue weighted by atomic mass is 16.6. The van der Waals surface area contributed by atoms with Crippen LogP contribution in [-0.2, 0) is 92.7 Å². The van der Waals surface area contributed by atoms with Gasteiger partial charge in [0.2, 0.25) is 52.8 Å². The summed E-state index contributed by atoms with van der Waals surface area (Å²) in [5, 5.41) is 32.6. The second kappa shape index (κ2) is 50.8. The maximum absolute atomic E-state index is 14.5. The molecule has 1 aromatic rings. The molecule has 3 saturated heterocycles. The smallest absolute Gasteiger partial charge is 0.329 e. The zero-order valence-electron chi connectivity index (χ0n) is 90.0. The van der Waals surface area contributed by atoms with Crippen molar-refractivity contribution < 1.29 is 101 Å². The van der Waals surface area contributed by atoms with E-state index in [4.69, 9.17) is 14.2 Å². The van der Waals surface area contributed by atoms with Gasteiger partial charge in [-0.3, -0.25) is 57.5 Å². The molecular formula is C107H171N15O21. The molecule has 3 aliphatic heterocycles. The average molecular weight is 2000 g/mol. The number of likely N-dealkylation sites (N-methyl/N-ethyl adjacent to an activating group) is 1. The standard InChI is InChI=1S/C39H57N5O7.2C34H57N5O7/c1-8-10-20-27(31(45)34(47)40-21-9-2)41-33(46)30-28-26(39(28,6)7)22-44(30)35(48)32(38(3,4)5)43-37(50)42-29(25-18-14-15-19-25)36(49)51-23-24-16-12-11-13-17-24;1-10-11-17-22(26(40)29(42)35-9)36-28(41)25-23-21(34(23,7)8)18-39(25)30(43)24(20-15-13-12-14-16-20)37-32(45)38-27(33(4,5)6)31(44)46-19(2)3;1-13-15-16-21(25(40)28(42)35-17-14-2)36-27(41)24-22-20(34(22,11)12)18-39(24)29(43)26(32(5,6)7)38-31(45)37-23(19(3)4)30(44)46-33(8,9)10/h9,11-13,16-17,25-30,32H,2,8,10,14-15,18-23H2,1,3-7H3,(H,40,47)(H,41,46)(H2,42,43,50);19-25,27H,10-18H2,1-9H3,(H,35,42)(H,36,41)(H2,37,38,45);14,19-24,26H,2,13,15-18H2,1,3-12H3,(H,35,42)(H,36,41)(H2,37,38,45)/t26-,27?,28-,29-,30-,32+;21-,22?,23-,24-,25-,27+;20-,21?,22-,23-,24-,26+/m000/s1. The van der Waals surface area contributed by atoms with Gasteiger partial charge in [0.1, 0.15) is 66.6 Å². The van der Waals surface area contributed by atoms with Gasteiger partial charge < -0.3 is 92.7 Å². The maximum Gasteiger partial charge on any atom is 0.329 e. The number of nitrogens with one attached hydrogen (secondary N) is 12. The van der Waals surface area contributed by atoms with Gasteiger partial charge in [0.15, 0.2) is 0 Å². The third-order valence-electron chi connectivity index (χ3n) is 29.9. The highest BCUT2D eigenvalue weighted by Gasteiger charge is 2.73. The van der Waals surface area contributed by atoms with Gasteiger partial charge in [-0.2, -0.15) is 0 Å². The Labute approximate surface area is 847 Å². The fraction of sp³-hybridized carbons (Fsp3) is 0.738. The Kier molecular flexibility index (Phi) is 42.3. The van der Waals surface area contributed by atoms with Crippen LogP contribution in [0.5, 0.6) is 0 Å². The van der Waals surface area contributed by atoms with Gasteiger partial charge in [-0.25, -0.2) is 28.8 Å². The highest BCUT2D eigenvalue weighted by molar-refractivity contribution is 6.39. The Hall–Kier alpha value is -10.8. The predicted molar refractivity (Wildman–Crippen MR) is 541 cm³/mol. The van der Waals surface area contributed by atoms with Crippen molar-refractivity contribution >= 4 is 107 Å². The minimum Gasteiger partial charge on any atom is -0.461 e.